The maximum absolute atomic E-state index is 3.22. The zero-order valence-corrected chi connectivity index (χ0v) is 7.20. The monoisotopic (exact) mass is 157 g/mol. The molecule has 2 heterocycles. The van der Waals surface area contributed by atoms with Crippen molar-refractivity contribution in [3.63, 3.8) is 0 Å². The topological polar surface area (TPSA) is 33.3 Å². The molecule has 64 valence electrons. The van der Waals surface area contributed by atoms with E-state index in [0.717, 1.165) is 6.67 Å². The van der Waals surface area contributed by atoms with Crippen LogP contribution >= 0.6 is 0 Å². The summed E-state index contributed by atoms with van der Waals surface area (Å²) in [6, 6.07) is 0. The second-order valence-electron chi connectivity index (χ2n) is 3.43. The van der Waals surface area contributed by atoms with Crippen molar-refractivity contribution in [2.45, 2.75) is 20.0 Å². The van der Waals surface area contributed by atoms with Gasteiger partial charge in [0.25, 0.3) is 0 Å². The third kappa shape index (κ3) is 1.15. The lowest BCUT2D eigenvalue weighted by Gasteiger charge is -2.36. The fourth-order valence-corrected chi connectivity index (χ4v) is 1.43. The highest BCUT2D eigenvalue weighted by molar-refractivity contribution is 4.74. The van der Waals surface area contributed by atoms with Crippen molar-refractivity contribution >= 4 is 0 Å². The highest BCUT2D eigenvalue weighted by atomic mass is 16.2. The van der Waals surface area contributed by atoms with Crippen LogP contribution in [0.15, 0.2) is 0 Å². The standard InChI is InChI=1S/C6H15N5/c1-5(2)6-7-8-10-4-11(10)9(6)3/h5-8H,4H2,1-3H3. The molecule has 0 aromatic heterocycles. The molecule has 0 amide bonds. The second kappa shape index (κ2) is 2.40. The molecule has 3 unspecified atom stereocenters. The summed E-state index contributed by atoms with van der Waals surface area (Å²) in [6.07, 6.45) is 0.397. The highest BCUT2D eigenvalue weighted by Crippen LogP contribution is 2.21. The molecule has 2 aliphatic rings. The average Bonchev–Trinajstić information content (AvgIpc) is 2.66. The third-order valence-corrected chi connectivity index (χ3v) is 2.19. The van der Waals surface area contributed by atoms with Gasteiger partial charge in [-0.25, -0.2) is 10.4 Å². The molecule has 0 saturated carbocycles. The van der Waals surface area contributed by atoms with Gasteiger partial charge in [0.15, 0.2) is 0 Å². The van der Waals surface area contributed by atoms with Crippen LogP contribution in [-0.2, 0) is 0 Å². The van der Waals surface area contributed by atoms with Crippen LogP contribution in [0.3, 0.4) is 0 Å². The van der Waals surface area contributed by atoms with E-state index in [9.17, 15) is 0 Å². The van der Waals surface area contributed by atoms with Crippen molar-refractivity contribution in [1.82, 2.24) is 26.2 Å². The Bertz CT molecular complexity index is 159. The highest BCUT2D eigenvalue weighted by Gasteiger charge is 2.43. The van der Waals surface area contributed by atoms with Gasteiger partial charge < -0.3 is 0 Å². The lowest BCUT2D eigenvalue weighted by atomic mass is 10.1. The minimum absolute atomic E-state index is 0.397. The first-order valence-electron chi connectivity index (χ1n) is 3.99. The van der Waals surface area contributed by atoms with Crippen LogP contribution in [0.4, 0.5) is 0 Å². The summed E-state index contributed by atoms with van der Waals surface area (Å²) in [5.74, 6) is 0.607. The first kappa shape index (κ1) is 7.45. The summed E-state index contributed by atoms with van der Waals surface area (Å²) in [5, 5.41) is 6.38. The lowest BCUT2D eigenvalue weighted by Crippen LogP contribution is -2.61. The van der Waals surface area contributed by atoms with Crippen LogP contribution in [0.1, 0.15) is 13.8 Å². The van der Waals surface area contributed by atoms with Crippen LogP contribution in [0.25, 0.3) is 0 Å². The Morgan fingerprint density at radius 3 is 2.82 bits per heavy atom. The Labute approximate surface area is 66.8 Å². The van der Waals surface area contributed by atoms with Crippen LogP contribution in [0.2, 0.25) is 0 Å². The number of nitrogens with zero attached hydrogens (tertiary/aromatic N) is 3. The minimum atomic E-state index is 0.397. The largest absolute Gasteiger partial charge is 0.224 e. The van der Waals surface area contributed by atoms with E-state index in [4.69, 9.17) is 0 Å². The Balaban J connectivity index is 1.99. The van der Waals surface area contributed by atoms with Crippen LogP contribution in [-0.4, -0.2) is 35.1 Å². The van der Waals surface area contributed by atoms with Gasteiger partial charge in [-0.15, -0.1) is 10.2 Å². The van der Waals surface area contributed by atoms with E-state index in [0.29, 0.717) is 12.1 Å². The van der Waals surface area contributed by atoms with Crippen molar-refractivity contribution < 1.29 is 0 Å². The molecule has 0 bridgehead atoms. The van der Waals surface area contributed by atoms with Crippen LogP contribution in [0.5, 0.6) is 0 Å². The van der Waals surface area contributed by atoms with Crippen molar-refractivity contribution in [2.75, 3.05) is 13.7 Å². The van der Waals surface area contributed by atoms with Gasteiger partial charge in [0, 0.05) is 7.05 Å². The minimum Gasteiger partial charge on any atom is -0.224 e. The van der Waals surface area contributed by atoms with Crippen LogP contribution < -0.4 is 11.0 Å². The smallest absolute Gasteiger partial charge is 0.114 e. The van der Waals surface area contributed by atoms with E-state index >= 15 is 0 Å². The molecule has 2 aliphatic heterocycles. The Kier molecular flexibility index (Phi) is 1.62. The summed E-state index contributed by atoms with van der Waals surface area (Å²) >= 11 is 0. The molecule has 2 fully saturated rings. The average molecular weight is 157 g/mol. The van der Waals surface area contributed by atoms with Crippen molar-refractivity contribution in [3.05, 3.63) is 0 Å². The fraction of sp³-hybridized carbons (Fsp3) is 1.00. The Morgan fingerprint density at radius 2 is 2.18 bits per heavy atom. The first-order valence-corrected chi connectivity index (χ1v) is 3.99. The summed E-state index contributed by atoms with van der Waals surface area (Å²) in [7, 11) is 2.10. The zero-order chi connectivity index (χ0) is 8.01. The molecule has 0 radical (unpaired) electrons. The molecule has 0 spiro atoms. The molecule has 2 N–H and O–H groups in total. The molecular weight excluding hydrogens is 142 g/mol. The summed E-state index contributed by atoms with van der Waals surface area (Å²) in [4.78, 5) is 0. The summed E-state index contributed by atoms with van der Waals surface area (Å²) in [5.41, 5.74) is 6.31. The van der Waals surface area contributed by atoms with Gasteiger partial charge in [-0.3, -0.25) is 0 Å². The first-order chi connectivity index (χ1) is 5.20. The van der Waals surface area contributed by atoms with Gasteiger partial charge in [0.2, 0.25) is 0 Å². The molecule has 3 atom stereocenters. The predicted octanol–water partition coefficient (Wildman–Crippen LogP) is -0.672. The van der Waals surface area contributed by atoms with E-state index in [1.165, 1.54) is 0 Å². The number of fused-ring (bicyclic) bond motifs is 1. The summed E-state index contributed by atoms with van der Waals surface area (Å²) in [6.45, 7) is 5.39. The van der Waals surface area contributed by atoms with Crippen LogP contribution in [0, 0.1) is 5.92 Å². The number of hydrazine groups is 4. The maximum Gasteiger partial charge on any atom is 0.114 e. The van der Waals surface area contributed by atoms with Gasteiger partial charge >= 0.3 is 0 Å². The van der Waals surface area contributed by atoms with Gasteiger partial charge in [0.1, 0.15) is 6.67 Å². The summed E-state index contributed by atoms with van der Waals surface area (Å²) < 4.78 is 0. The predicted molar refractivity (Wildman–Crippen MR) is 41.2 cm³/mol. The van der Waals surface area contributed by atoms with Gasteiger partial charge in [-0.05, 0) is 5.92 Å². The van der Waals surface area contributed by atoms with Crippen molar-refractivity contribution in [2.24, 2.45) is 5.92 Å². The van der Waals surface area contributed by atoms with E-state index in [2.05, 4.69) is 42.0 Å². The molecular formula is C6H15N5. The van der Waals surface area contributed by atoms with E-state index in [1.807, 2.05) is 5.12 Å². The third-order valence-electron chi connectivity index (χ3n) is 2.19. The zero-order valence-electron chi connectivity index (χ0n) is 7.20. The molecule has 2 rings (SSSR count). The van der Waals surface area contributed by atoms with Crippen molar-refractivity contribution in [3.8, 4) is 0 Å². The Morgan fingerprint density at radius 1 is 1.45 bits per heavy atom. The number of rotatable bonds is 1. The lowest BCUT2D eigenvalue weighted by molar-refractivity contribution is -0.106. The maximum atomic E-state index is 3.22. The molecule has 0 aromatic carbocycles. The van der Waals surface area contributed by atoms with Gasteiger partial charge in [0.05, 0.1) is 6.17 Å². The van der Waals surface area contributed by atoms with Gasteiger partial charge in [-0.2, -0.15) is 5.53 Å². The number of hydrogen-bond donors (Lipinski definition) is 2. The molecule has 5 heteroatoms. The van der Waals surface area contributed by atoms with Crippen molar-refractivity contribution in [1.29, 1.82) is 0 Å². The van der Waals surface area contributed by atoms with E-state index in [-0.39, 0.29) is 0 Å². The second-order valence-corrected chi connectivity index (χ2v) is 3.43. The SMILES string of the molecule is CC(C)C1NNN2CN2N1C. The molecule has 0 aliphatic carbocycles. The molecule has 5 nitrogen and oxygen atoms in total. The quantitative estimate of drug-likeness (QED) is 0.493. The van der Waals surface area contributed by atoms with E-state index < -0.39 is 0 Å². The molecule has 0 aromatic rings. The number of nitrogens with one attached hydrogen (secondary N) is 2. The van der Waals surface area contributed by atoms with Gasteiger partial charge in [-0.1, -0.05) is 13.8 Å². The number of hydrogen-bond acceptors (Lipinski definition) is 5. The normalized spacial score (nSPS) is 44.2. The fourth-order valence-electron chi connectivity index (χ4n) is 1.43. The molecule has 2 saturated heterocycles. The molecule has 11 heavy (non-hydrogen) atoms. The van der Waals surface area contributed by atoms with E-state index in [1.54, 1.807) is 0 Å². The Hall–Kier alpha value is -0.200.